The van der Waals surface area contributed by atoms with Gasteiger partial charge >= 0.3 is 5.97 Å². The van der Waals surface area contributed by atoms with Crippen LogP contribution < -0.4 is 16.1 Å². The molecule has 6 heterocycles. The van der Waals surface area contributed by atoms with Crippen molar-refractivity contribution in [1.29, 1.82) is 0 Å². The van der Waals surface area contributed by atoms with Crippen molar-refractivity contribution in [3.8, 4) is 0 Å². The number of esters is 1. The van der Waals surface area contributed by atoms with E-state index in [0.717, 1.165) is 62.1 Å². The van der Waals surface area contributed by atoms with Crippen molar-refractivity contribution in [2.24, 2.45) is 17.6 Å². The molecular formula is C28H34N8O4S. The largest absolute Gasteiger partial charge is 0.456 e. The van der Waals surface area contributed by atoms with Crippen LogP contribution in [-0.4, -0.2) is 81.3 Å². The van der Waals surface area contributed by atoms with Gasteiger partial charge in [0.15, 0.2) is 0 Å². The van der Waals surface area contributed by atoms with E-state index in [0.29, 0.717) is 34.4 Å². The molecule has 3 aromatic heterocycles. The Labute approximate surface area is 241 Å². The topological polar surface area (TPSA) is 140 Å². The van der Waals surface area contributed by atoms with E-state index in [-0.39, 0.29) is 24.3 Å². The Morgan fingerprint density at radius 3 is 2.88 bits per heavy atom. The van der Waals surface area contributed by atoms with E-state index in [4.69, 9.17) is 15.3 Å². The third-order valence-corrected chi connectivity index (χ3v) is 10.2. The molecule has 0 spiro atoms. The maximum absolute atomic E-state index is 12.3. The predicted octanol–water partition coefficient (Wildman–Crippen LogP) is 2.23. The lowest BCUT2D eigenvalue weighted by atomic mass is 9.81. The number of carbonyl (C=O) groups is 2. The number of aromatic nitrogens is 4. The van der Waals surface area contributed by atoms with Crippen LogP contribution in [0.2, 0.25) is 0 Å². The first-order valence-electron chi connectivity index (χ1n) is 14.3. The molecule has 0 aromatic carbocycles. The molecule has 1 saturated carbocycles. The molecule has 3 aromatic rings. The summed E-state index contributed by atoms with van der Waals surface area (Å²) in [6.07, 6.45) is 11.3. The number of amides is 1. The highest BCUT2D eigenvalue weighted by atomic mass is 32.1. The molecule has 0 radical (unpaired) electrons. The van der Waals surface area contributed by atoms with Crippen molar-refractivity contribution in [3.63, 3.8) is 0 Å². The number of anilines is 1. The standard InChI is InChI=1S/C28H34N8O4S/c1-34-20-5-4-18(40-33-27(37)25-11-31-15-41-25)7-17(20)8-21(34)16-3-2-6-35(12-16)23-9-22(19-13-39-28(38)26(19)29)36-24(23)10-30-14-32-36/h9-11,14-18,20-21H,2-8,12-13,29H2,1H3,(H,33,37)/t16-,17?,18?,20?,21?/m1/s1. The Balaban J connectivity index is 1.05. The first-order valence-corrected chi connectivity index (χ1v) is 15.1. The van der Waals surface area contributed by atoms with Crippen molar-refractivity contribution < 1.29 is 19.2 Å². The molecule has 0 bridgehead atoms. The summed E-state index contributed by atoms with van der Waals surface area (Å²) in [6.45, 7) is 2.04. The smallest absolute Gasteiger partial charge is 0.355 e. The molecule has 216 valence electrons. The zero-order chi connectivity index (χ0) is 28.1. The molecule has 3 aliphatic heterocycles. The summed E-state index contributed by atoms with van der Waals surface area (Å²) in [5.74, 6) is 0.360. The second-order valence-corrected chi connectivity index (χ2v) is 12.5. The maximum atomic E-state index is 12.3. The van der Waals surface area contributed by atoms with Gasteiger partial charge in [-0.05, 0) is 63.5 Å². The van der Waals surface area contributed by atoms with Crippen LogP contribution in [0.3, 0.4) is 0 Å². The number of nitrogens with one attached hydrogen (secondary N) is 1. The summed E-state index contributed by atoms with van der Waals surface area (Å²) < 4.78 is 7.00. The van der Waals surface area contributed by atoms with Gasteiger partial charge in [-0.3, -0.25) is 19.5 Å². The fourth-order valence-electron chi connectivity index (χ4n) is 7.44. The van der Waals surface area contributed by atoms with Crippen molar-refractivity contribution >= 4 is 40.0 Å². The van der Waals surface area contributed by atoms with Gasteiger partial charge < -0.3 is 15.4 Å². The Hall–Kier alpha value is -3.55. The Morgan fingerprint density at radius 2 is 2.07 bits per heavy atom. The van der Waals surface area contributed by atoms with Crippen molar-refractivity contribution in [3.05, 3.63) is 46.6 Å². The van der Waals surface area contributed by atoms with Gasteiger partial charge in [0.05, 0.1) is 35.4 Å². The molecule has 2 saturated heterocycles. The molecule has 3 N–H and O–H groups in total. The zero-order valence-corrected chi connectivity index (χ0v) is 23.8. The number of nitrogens with zero attached hydrogens (tertiary/aromatic N) is 6. The molecular weight excluding hydrogens is 544 g/mol. The predicted molar refractivity (Wildman–Crippen MR) is 152 cm³/mol. The summed E-state index contributed by atoms with van der Waals surface area (Å²) >= 11 is 1.31. The second-order valence-electron chi connectivity index (χ2n) is 11.6. The SMILES string of the molecule is CN1C2CCC(ONC(=O)c3cncs3)CC2CC1[C@@H]1CCCN(c2cc(C3=C(N)C(=O)OC3)n3ncncc23)C1. The van der Waals surface area contributed by atoms with Crippen LogP contribution in [0.5, 0.6) is 0 Å². The maximum Gasteiger partial charge on any atom is 0.355 e. The van der Waals surface area contributed by atoms with Gasteiger partial charge in [0.2, 0.25) is 0 Å². The summed E-state index contributed by atoms with van der Waals surface area (Å²) in [5.41, 5.74) is 13.9. The number of piperidine rings is 1. The third kappa shape index (κ3) is 4.75. The third-order valence-electron chi connectivity index (χ3n) is 9.43. The van der Waals surface area contributed by atoms with Crippen LogP contribution in [0.1, 0.15) is 53.9 Å². The number of ether oxygens (including phenoxy) is 1. The lowest BCUT2D eigenvalue weighted by molar-refractivity contribution is -0.135. The number of nitrogens with two attached hydrogens (primary N) is 1. The first kappa shape index (κ1) is 26.4. The highest BCUT2D eigenvalue weighted by Crippen LogP contribution is 2.44. The number of rotatable bonds is 6. The Morgan fingerprint density at radius 1 is 1.17 bits per heavy atom. The van der Waals surface area contributed by atoms with Crippen molar-refractivity contribution in [2.75, 3.05) is 31.6 Å². The van der Waals surface area contributed by atoms with Gasteiger partial charge in [0.1, 0.15) is 29.0 Å². The summed E-state index contributed by atoms with van der Waals surface area (Å²) in [5, 5.41) is 4.48. The Kier molecular flexibility index (Phi) is 6.87. The monoisotopic (exact) mass is 578 g/mol. The lowest BCUT2D eigenvalue weighted by Crippen LogP contribution is -2.46. The number of hydroxylamine groups is 1. The van der Waals surface area contributed by atoms with Crippen LogP contribution in [0.4, 0.5) is 5.69 Å². The zero-order valence-electron chi connectivity index (χ0n) is 22.9. The highest BCUT2D eigenvalue weighted by Gasteiger charge is 2.46. The van der Waals surface area contributed by atoms with Crippen LogP contribution in [0.25, 0.3) is 11.1 Å². The van der Waals surface area contributed by atoms with Gasteiger partial charge in [-0.25, -0.2) is 19.8 Å². The number of carbonyl (C=O) groups excluding carboxylic acids is 2. The number of likely N-dealkylation sites (tertiary alicyclic amines) is 1. The van der Waals surface area contributed by atoms with Gasteiger partial charge in [-0.15, -0.1) is 11.3 Å². The lowest BCUT2D eigenvalue weighted by Gasteiger charge is -2.40. The number of fused-ring (bicyclic) bond motifs is 2. The quantitative estimate of drug-likeness (QED) is 0.331. The molecule has 4 unspecified atom stereocenters. The average molecular weight is 579 g/mol. The van der Waals surface area contributed by atoms with Gasteiger partial charge in [0, 0.05) is 30.7 Å². The van der Waals surface area contributed by atoms with E-state index in [2.05, 4.69) is 43.5 Å². The first-order chi connectivity index (χ1) is 20.0. The molecule has 12 nitrogen and oxygen atoms in total. The molecule has 13 heteroatoms. The minimum atomic E-state index is -0.482. The van der Waals surface area contributed by atoms with Gasteiger partial charge in [-0.1, -0.05) is 0 Å². The van der Waals surface area contributed by atoms with E-state index in [1.165, 1.54) is 24.1 Å². The van der Waals surface area contributed by atoms with Crippen LogP contribution in [-0.2, 0) is 14.4 Å². The molecule has 1 aliphatic carbocycles. The minimum absolute atomic E-state index is 0.0300. The van der Waals surface area contributed by atoms with Crippen LogP contribution in [0.15, 0.2) is 36.0 Å². The minimum Gasteiger partial charge on any atom is -0.456 e. The molecule has 7 rings (SSSR count). The highest BCUT2D eigenvalue weighted by molar-refractivity contribution is 7.11. The normalized spacial score (nSPS) is 28.8. The average Bonchev–Trinajstić information content (AvgIpc) is 3.79. The van der Waals surface area contributed by atoms with Crippen molar-refractivity contribution in [2.45, 2.75) is 56.7 Å². The number of thiazole rings is 1. The number of cyclic esters (lactones) is 1. The molecule has 41 heavy (non-hydrogen) atoms. The summed E-state index contributed by atoms with van der Waals surface area (Å²) in [6, 6.07) is 3.11. The van der Waals surface area contributed by atoms with Gasteiger partial charge in [0.25, 0.3) is 5.91 Å². The van der Waals surface area contributed by atoms with Crippen LogP contribution >= 0.6 is 11.3 Å². The summed E-state index contributed by atoms with van der Waals surface area (Å²) in [7, 11) is 2.28. The van der Waals surface area contributed by atoms with Crippen molar-refractivity contribution in [1.82, 2.24) is 30.0 Å². The summed E-state index contributed by atoms with van der Waals surface area (Å²) in [4.78, 5) is 44.0. The van der Waals surface area contributed by atoms with E-state index in [1.54, 1.807) is 11.7 Å². The number of hydrogen-bond donors (Lipinski definition) is 2. The molecule has 1 amide bonds. The molecule has 4 aliphatic rings. The van der Waals surface area contributed by atoms with E-state index in [9.17, 15) is 9.59 Å². The fourth-order valence-corrected chi connectivity index (χ4v) is 7.94. The van der Waals surface area contributed by atoms with Crippen LogP contribution in [0, 0.1) is 11.8 Å². The Bertz CT molecular complexity index is 1490. The fraction of sp³-hybridized carbons (Fsp3) is 0.536. The molecule has 3 fully saturated rings. The van der Waals surface area contributed by atoms with Gasteiger partial charge in [-0.2, -0.15) is 5.10 Å². The van der Waals surface area contributed by atoms with E-state index in [1.807, 2.05) is 10.7 Å². The van der Waals surface area contributed by atoms with E-state index >= 15 is 0 Å². The second kappa shape index (κ2) is 10.7. The molecule has 5 atom stereocenters. The van der Waals surface area contributed by atoms with E-state index < -0.39 is 5.97 Å². The number of hydrogen-bond acceptors (Lipinski definition) is 11.